The smallest absolute Gasteiger partial charge is 0.268 e. The zero-order chi connectivity index (χ0) is 11.7. The maximum absolute atomic E-state index is 11.6. The van der Waals surface area contributed by atoms with Gasteiger partial charge in [-0.2, -0.15) is 0 Å². The third kappa shape index (κ3) is 1.96. The van der Waals surface area contributed by atoms with Gasteiger partial charge in [-0.1, -0.05) is 0 Å². The first-order valence-electron chi connectivity index (χ1n) is 4.76. The molecule has 0 aliphatic heterocycles. The Morgan fingerprint density at radius 3 is 3.06 bits per heavy atom. The molecule has 0 radical (unpaired) electrons. The Labute approximate surface area is 95.7 Å². The highest BCUT2D eigenvalue weighted by atomic mass is 32.1. The van der Waals surface area contributed by atoms with Crippen LogP contribution in [-0.2, 0) is 11.3 Å². The number of amides is 1. The second-order valence-corrected chi connectivity index (χ2v) is 4.44. The molecule has 1 N–H and O–H groups in total. The molecule has 6 heteroatoms. The molecule has 2 heterocycles. The minimum Gasteiger partial charge on any atom is -0.339 e. The van der Waals surface area contributed by atoms with Crippen molar-refractivity contribution in [3.05, 3.63) is 27.6 Å². The lowest BCUT2D eigenvalue weighted by molar-refractivity contribution is -0.128. The van der Waals surface area contributed by atoms with Gasteiger partial charge in [-0.15, -0.1) is 11.3 Å². The molecule has 0 saturated heterocycles. The average molecular weight is 237 g/mol. The molecule has 16 heavy (non-hydrogen) atoms. The van der Waals surface area contributed by atoms with Crippen LogP contribution in [0.2, 0.25) is 0 Å². The highest BCUT2D eigenvalue weighted by Gasteiger charge is 2.08. The van der Waals surface area contributed by atoms with E-state index in [2.05, 4.69) is 9.97 Å². The first-order valence-corrected chi connectivity index (χ1v) is 5.64. The van der Waals surface area contributed by atoms with E-state index in [1.54, 1.807) is 13.1 Å². The van der Waals surface area contributed by atoms with Crippen molar-refractivity contribution < 1.29 is 4.79 Å². The van der Waals surface area contributed by atoms with Crippen molar-refractivity contribution in [2.45, 2.75) is 13.5 Å². The maximum atomic E-state index is 11.6. The van der Waals surface area contributed by atoms with Crippen molar-refractivity contribution in [2.24, 2.45) is 0 Å². The molecular formula is C10H11N3O2S. The molecule has 0 atom stereocenters. The summed E-state index contributed by atoms with van der Waals surface area (Å²) in [6.45, 7) is 1.79. The summed E-state index contributed by atoms with van der Waals surface area (Å²) in [6, 6.07) is 1.80. The van der Waals surface area contributed by atoms with Crippen LogP contribution in [0.15, 0.2) is 16.2 Å². The lowest BCUT2D eigenvalue weighted by Gasteiger charge is -2.13. The van der Waals surface area contributed by atoms with Gasteiger partial charge in [-0.05, 0) is 11.4 Å². The van der Waals surface area contributed by atoms with Crippen LogP contribution in [0, 0.1) is 0 Å². The van der Waals surface area contributed by atoms with Crippen LogP contribution in [0.25, 0.3) is 10.2 Å². The molecule has 5 nitrogen and oxygen atoms in total. The molecule has 0 saturated carbocycles. The van der Waals surface area contributed by atoms with Crippen molar-refractivity contribution in [1.29, 1.82) is 0 Å². The first-order chi connectivity index (χ1) is 7.58. The number of rotatable bonds is 2. The van der Waals surface area contributed by atoms with Crippen LogP contribution in [0.4, 0.5) is 0 Å². The van der Waals surface area contributed by atoms with E-state index in [1.807, 2.05) is 5.38 Å². The van der Waals surface area contributed by atoms with Gasteiger partial charge in [0.15, 0.2) is 0 Å². The fraction of sp³-hybridized carbons (Fsp3) is 0.300. The third-order valence-corrected chi connectivity index (χ3v) is 3.19. The summed E-state index contributed by atoms with van der Waals surface area (Å²) in [5.41, 5.74) is 0.535. The molecule has 0 fully saturated rings. The van der Waals surface area contributed by atoms with Crippen LogP contribution in [0.3, 0.4) is 0 Å². The molecular weight excluding hydrogens is 226 g/mol. The summed E-state index contributed by atoms with van der Waals surface area (Å²) >= 11 is 1.36. The second kappa shape index (κ2) is 4.05. The number of H-pyrrole nitrogens is 1. The Bertz CT molecular complexity index is 587. The topological polar surface area (TPSA) is 66.1 Å². The van der Waals surface area contributed by atoms with Crippen molar-refractivity contribution >= 4 is 27.5 Å². The van der Waals surface area contributed by atoms with Gasteiger partial charge in [-0.25, -0.2) is 4.98 Å². The molecule has 0 spiro atoms. The third-order valence-electron chi connectivity index (χ3n) is 2.29. The Kier molecular flexibility index (Phi) is 2.74. The molecule has 0 aliphatic carbocycles. The Morgan fingerprint density at radius 1 is 1.62 bits per heavy atom. The monoisotopic (exact) mass is 237 g/mol. The van der Waals surface area contributed by atoms with Crippen molar-refractivity contribution in [3.63, 3.8) is 0 Å². The molecule has 2 rings (SSSR count). The fourth-order valence-electron chi connectivity index (χ4n) is 1.33. The van der Waals surface area contributed by atoms with E-state index in [4.69, 9.17) is 0 Å². The van der Waals surface area contributed by atoms with E-state index in [0.717, 1.165) is 0 Å². The van der Waals surface area contributed by atoms with E-state index in [0.29, 0.717) is 22.6 Å². The number of nitrogens with zero attached hydrogens (tertiary/aromatic N) is 2. The average Bonchev–Trinajstić information content (AvgIpc) is 2.65. The van der Waals surface area contributed by atoms with Gasteiger partial charge < -0.3 is 9.88 Å². The lowest BCUT2D eigenvalue weighted by atomic mass is 10.4. The van der Waals surface area contributed by atoms with E-state index < -0.39 is 0 Å². The fourth-order valence-corrected chi connectivity index (χ4v) is 2.06. The zero-order valence-electron chi connectivity index (χ0n) is 8.98. The SMILES string of the molecule is CC(=O)N(C)Cc1nc2ccsc2c(=O)[nH]1. The van der Waals surface area contributed by atoms with Crippen molar-refractivity contribution in [3.8, 4) is 0 Å². The first kappa shape index (κ1) is 10.8. The number of carbonyl (C=O) groups excluding carboxylic acids is 1. The summed E-state index contributed by atoms with van der Waals surface area (Å²) in [4.78, 5) is 31.1. The number of hydrogen-bond donors (Lipinski definition) is 1. The molecule has 0 bridgehead atoms. The molecule has 0 aromatic carbocycles. The normalized spacial score (nSPS) is 10.6. The Hall–Kier alpha value is -1.69. The Balaban J connectivity index is 2.39. The van der Waals surface area contributed by atoms with Crippen LogP contribution in [0.1, 0.15) is 12.7 Å². The molecule has 0 unspecified atom stereocenters. The predicted molar refractivity (Wildman–Crippen MR) is 62.4 cm³/mol. The van der Waals surface area contributed by atoms with Gasteiger partial charge in [0.05, 0.1) is 12.1 Å². The quantitative estimate of drug-likeness (QED) is 0.846. The van der Waals surface area contributed by atoms with Crippen LogP contribution in [-0.4, -0.2) is 27.8 Å². The van der Waals surface area contributed by atoms with Gasteiger partial charge >= 0.3 is 0 Å². The van der Waals surface area contributed by atoms with Crippen molar-refractivity contribution in [1.82, 2.24) is 14.9 Å². The number of hydrogen-bond acceptors (Lipinski definition) is 4. The van der Waals surface area contributed by atoms with E-state index in [-0.39, 0.29) is 11.5 Å². The summed E-state index contributed by atoms with van der Waals surface area (Å²) in [7, 11) is 1.67. The van der Waals surface area contributed by atoms with Gasteiger partial charge in [0, 0.05) is 14.0 Å². The number of carbonyl (C=O) groups is 1. The summed E-state index contributed by atoms with van der Waals surface area (Å²) in [6.07, 6.45) is 0. The van der Waals surface area contributed by atoms with Crippen LogP contribution >= 0.6 is 11.3 Å². The zero-order valence-corrected chi connectivity index (χ0v) is 9.80. The van der Waals surface area contributed by atoms with Gasteiger partial charge in [0.2, 0.25) is 5.91 Å². The van der Waals surface area contributed by atoms with Crippen LogP contribution < -0.4 is 5.56 Å². The summed E-state index contributed by atoms with van der Waals surface area (Å²) < 4.78 is 0.620. The number of aromatic nitrogens is 2. The van der Waals surface area contributed by atoms with Gasteiger partial charge in [-0.3, -0.25) is 9.59 Å². The number of nitrogens with one attached hydrogen (secondary N) is 1. The van der Waals surface area contributed by atoms with Crippen LogP contribution in [0.5, 0.6) is 0 Å². The van der Waals surface area contributed by atoms with Crippen molar-refractivity contribution in [2.75, 3.05) is 7.05 Å². The highest BCUT2D eigenvalue weighted by Crippen LogP contribution is 2.13. The lowest BCUT2D eigenvalue weighted by Crippen LogP contribution is -2.25. The second-order valence-electron chi connectivity index (χ2n) is 3.52. The number of fused-ring (bicyclic) bond motifs is 1. The summed E-state index contributed by atoms with van der Waals surface area (Å²) in [5.74, 6) is 0.446. The maximum Gasteiger partial charge on any atom is 0.268 e. The summed E-state index contributed by atoms with van der Waals surface area (Å²) in [5, 5.41) is 1.82. The minimum atomic E-state index is -0.146. The highest BCUT2D eigenvalue weighted by molar-refractivity contribution is 7.17. The standard InChI is InChI=1S/C10H11N3O2S/c1-6(14)13(2)5-8-11-7-3-4-16-9(7)10(15)12-8/h3-4H,5H2,1-2H3,(H,11,12,15). The number of aromatic amines is 1. The van der Waals surface area contributed by atoms with E-state index in [1.165, 1.54) is 23.2 Å². The predicted octanol–water partition coefficient (Wildman–Crippen LogP) is 0.963. The molecule has 1 amide bonds. The molecule has 2 aromatic rings. The Morgan fingerprint density at radius 2 is 2.38 bits per heavy atom. The minimum absolute atomic E-state index is 0.0620. The van der Waals surface area contributed by atoms with E-state index in [9.17, 15) is 9.59 Å². The van der Waals surface area contributed by atoms with Gasteiger partial charge in [0.25, 0.3) is 5.56 Å². The van der Waals surface area contributed by atoms with E-state index >= 15 is 0 Å². The molecule has 84 valence electrons. The molecule has 0 aliphatic rings. The largest absolute Gasteiger partial charge is 0.339 e. The van der Waals surface area contributed by atoms with Gasteiger partial charge in [0.1, 0.15) is 10.5 Å². The number of thiophene rings is 1. The molecule has 2 aromatic heterocycles.